The van der Waals surface area contributed by atoms with Gasteiger partial charge in [-0.15, -0.1) is 0 Å². The minimum Gasteiger partial charge on any atom is -0.0654 e. The van der Waals surface area contributed by atoms with Gasteiger partial charge in [0, 0.05) is 16.5 Å². The summed E-state index contributed by atoms with van der Waals surface area (Å²) >= 11 is 0. The molecule has 0 saturated carbocycles. The monoisotopic (exact) mass is 330 g/mol. The topological polar surface area (TPSA) is 0 Å². The third-order valence-corrected chi connectivity index (χ3v) is 4.04. The van der Waals surface area contributed by atoms with Gasteiger partial charge in [0.1, 0.15) is 0 Å². The molecule has 0 nitrogen and oxygen atoms in total. The van der Waals surface area contributed by atoms with E-state index in [2.05, 4.69) is 74.5 Å². The fourth-order valence-corrected chi connectivity index (χ4v) is 2.76. The number of rotatable bonds is 5. The predicted molar refractivity (Wildman–Crippen MR) is 90.3 cm³/mol. The number of unbranched alkanes of at least 4 members (excludes halogenated alkanes) is 3. The molecule has 0 aromatic heterocycles. The largest absolute Gasteiger partial charge is 0.0654 e. The Kier molecular flexibility index (Phi) is 12.9. The Hall–Kier alpha value is -0.636. The van der Waals surface area contributed by atoms with Crippen molar-refractivity contribution < 1.29 is 16.5 Å². The summed E-state index contributed by atoms with van der Waals surface area (Å²) in [6.45, 7) is 4.46. The van der Waals surface area contributed by atoms with E-state index in [0.29, 0.717) is 0 Å². The van der Waals surface area contributed by atoms with E-state index >= 15 is 0 Å². The molecule has 0 saturated heterocycles. The summed E-state index contributed by atoms with van der Waals surface area (Å²) in [6.07, 6.45) is 5.54. The summed E-state index contributed by atoms with van der Waals surface area (Å²) in [5, 5.41) is 2.79. The summed E-state index contributed by atoms with van der Waals surface area (Å²) in [4.78, 5) is 0. The van der Waals surface area contributed by atoms with Crippen LogP contribution >= 0.6 is 8.58 Å². The van der Waals surface area contributed by atoms with E-state index in [9.17, 15) is 0 Å². The number of benzene rings is 2. The van der Waals surface area contributed by atoms with Crippen LogP contribution in [0.3, 0.4) is 0 Å². The molecule has 0 aliphatic carbocycles. The molecule has 0 fully saturated rings. The van der Waals surface area contributed by atoms with E-state index in [0.717, 1.165) is 8.58 Å². The normalized spacial score (nSPS) is 9.10. The molecule has 2 rings (SSSR count). The molecular formula is C18H25NiP. The van der Waals surface area contributed by atoms with Crippen molar-refractivity contribution in [3.8, 4) is 0 Å². The van der Waals surface area contributed by atoms with Crippen molar-refractivity contribution in [1.29, 1.82) is 0 Å². The Morgan fingerprint density at radius 1 is 0.650 bits per heavy atom. The van der Waals surface area contributed by atoms with E-state index in [-0.39, 0.29) is 16.5 Å². The van der Waals surface area contributed by atoms with Gasteiger partial charge >= 0.3 is 0 Å². The second-order valence-corrected chi connectivity index (χ2v) is 5.97. The predicted octanol–water partition coefficient (Wildman–Crippen LogP) is 4.90. The van der Waals surface area contributed by atoms with Gasteiger partial charge in [-0.1, -0.05) is 109 Å². The van der Waals surface area contributed by atoms with Gasteiger partial charge in [0.25, 0.3) is 0 Å². The van der Waals surface area contributed by atoms with Crippen molar-refractivity contribution >= 4 is 19.2 Å². The van der Waals surface area contributed by atoms with Gasteiger partial charge in [0.05, 0.1) is 0 Å². The van der Waals surface area contributed by atoms with E-state index < -0.39 is 0 Å². The number of hydrogen-bond acceptors (Lipinski definition) is 0. The SMILES string of the molecule is CCCCCC.[Ni].c1ccc(Pc2ccccc2)cc1. The van der Waals surface area contributed by atoms with E-state index in [1.54, 1.807) is 0 Å². The van der Waals surface area contributed by atoms with Crippen LogP contribution in [0.5, 0.6) is 0 Å². The maximum Gasteiger partial charge on any atom is 0 e. The van der Waals surface area contributed by atoms with Gasteiger partial charge < -0.3 is 0 Å². The third kappa shape index (κ3) is 9.30. The zero-order valence-electron chi connectivity index (χ0n) is 12.4. The molecule has 2 aromatic carbocycles. The first-order valence-corrected chi connectivity index (χ1v) is 8.24. The Morgan fingerprint density at radius 3 is 1.30 bits per heavy atom. The molecule has 0 heterocycles. The summed E-state index contributed by atoms with van der Waals surface area (Å²) in [5.74, 6) is 0. The van der Waals surface area contributed by atoms with Crippen LogP contribution in [0.2, 0.25) is 0 Å². The molecule has 0 aliphatic heterocycles. The van der Waals surface area contributed by atoms with Crippen LogP contribution in [-0.4, -0.2) is 0 Å². The summed E-state index contributed by atoms with van der Waals surface area (Å²) in [5.41, 5.74) is 0. The van der Waals surface area contributed by atoms with Crippen LogP contribution in [0.25, 0.3) is 0 Å². The Bertz CT molecular complexity index is 372. The van der Waals surface area contributed by atoms with Crippen molar-refractivity contribution in [3.63, 3.8) is 0 Å². The average molecular weight is 331 g/mol. The molecule has 0 aliphatic rings. The van der Waals surface area contributed by atoms with E-state index in [1.165, 1.54) is 36.3 Å². The maximum absolute atomic E-state index is 2.23. The summed E-state index contributed by atoms with van der Waals surface area (Å²) in [7, 11) is 0.777. The van der Waals surface area contributed by atoms with Crippen LogP contribution in [0.1, 0.15) is 39.5 Å². The first-order chi connectivity index (χ1) is 9.36. The molecule has 2 aromatic rings. The van der Waals surface area contributed by atoms with Crippen LogP contribution in [0, 0.1) is 0 Å². The van der Waals surface area contributed by atoms with Crippen LogP contribution in [0.4, 0.5) is 0 Å². The van der Waals surface area contributed by atoms with Gasteiger partial charge in [0.15, 0.2) is 0 Å². The zero-order chi connectivity index (χ0) is 13.8. The first kappa shape index (κ1) is 19.4. The van der Waals surface area contributed by atoms with Crippen molar-refractivity contribution in [1.82, 2.24) is 0 Å². The van der Waals surface area contributed by atoms with Gasteiger partial charge in [-0.25, -0.2) is 0 Å². The van der Waals surface area contributed by atoms with Gasteiger partial charge in [0.2, 0.25) is 0 Å². The molecule has 20 heavy (non-hydrogen) atoms. The fraction of sp³-hybridized carbons (Fsp3) is 0.333. The van der Waals surface area contributed by atoms with E-state index in [4.69, 9.17) is 0 Å². The van der Waals surface area contributed by atoms with Crippen molar-refractivity contribution in [3.05, 3.63) is 60.7 Å². The summed E-state index contributed by atoms with van der Waals surface area (Å²) < 4.78 is 0. The van der Waals surface area contributed by atoms with Crippen molar-refractivity contribution in [2.45, 2.75) is 39.5 Å². The molecular weight excluding hydrogens is 306 g/mol. The standard InChI is InChI=1S/C12H11P.C6H14.Ni/c1-3-7-11(8-4-1)13-12-9-5-2-6-10-12;1-3-5-6-4-2;/h1-10,13H;3-6H2,1-2H3;. The first-order valence-electron chi connectivity index (χ1n) is 7.24. The quantitative estimate of drug-likeness (QED) is 0.415. The average Bonchev–Trinajstić information content (AvgIpc) is 2.48. The van der Waals surface area contributed by atoms with E-state index in [1.807, 2.05) is 0 Å². The Labute approximate surface area is 136 Å². The molecule has 0 spiro atoms. The van der Waals surface area contributed by atoms with Crippen molar-refractivity contribution in [2.24, 2.45) is 0 Å². The smallest absolute Gasteiger partial charge is 0 e. The maximum atomic E-state index is 2.23. The second-order valence-electron chi connectivity index (χ2n) is 4.56. The Balaban J connectivity index is 0.000000448. The minimum absolute atomic E-state index is 0. The minimum atomic E-state index is 0. The molecule has 0 bridgehead atoms. The molecule has 2 heteroatoms. The zero-order valence-corrected chi connectivity index (χ0v) is 14.4. The van der Waals surface area contributed by atoms with Crippen molar-refractivity contribution in [2.75, 3.05) is 0 Å². The fourth-order valence-electron chi connectivity index (χ4n) is 1.71. The van der Waals surface area contributed by atoms with Gasteiger partial charge in [-0.3, -0.25) is 0 Å². The second kappa shape index (κ2) is 13.4. The molecule has 0 amide bonds. The summed E-state index contributed by atoms with van der Waals surface area (Å²) in [6, 6.07) is 21.2. The molecule has 0 atom stereocenters. The third-order valence-electron chi connectivity index (χ3n) is 2.79. The Morgan fingerprint density at radius 2 is 1.00 bits per heavy atom. The molecule has 112 valence electrons. The molecule has 0 unspecified atom stereocenters. The molecule has 0 N–H and O–H groups in total. The molecule has 0 radical (unpaired) electrons. The van der Waals surface area contributed by atoms with Crippen LogP contribution in [-0.2, 0) is 16.5 Å². The van der Waals surface area contributed by atoms with Crippen LogP contribution < -0.4 is 10.6 Å². The van der Waals surface area contributed by atoms with Gasteiger partial charge in [-0.2, -0.15) is 0 Å². The number of hydrogen-bond donors (Lipinski definition) is 0. The van der Waals surface area contributed by atoms with Gasteiger partial charge in [-0.05, 0) is 10.6 Å². The van der Waals surface area contributed by atoms with Crippen LogP contribution in [0.15, 0.2) is 60.7 Å².